The monoisotopic (exact) mass is 341 g/mol. The molecule has 0 aliphatic heterocycles. The van der Waals surface area contributed by atoms with Gasteiger partial charge in [-0.1, -0.05) is 12.1 Å². The number of nitrogens with one attached hydrogen (secondary N) is 2. The molecular formula is C18H16FN3O3. The predicted octanol–water partition coefficient (Wildman–Crippen LogP) is 3.34. The number of methoxy groups -OCH3 is 2. The molecule has 128 valence electrons. The average molecular weight is 341 g/mol. The molecule has 0 unspecified atom stereocenters. The van der Waals surface area contributed by atoms with Crippen LogP contribution in [-0.4, -0.2) is 24.2 Å². The summed E-state index contributed by atoms with van der Waals surface area (Å²) in [5.74, 6) is 0.483. The maximum Gasteiger partial charge on any atom is 0.252 e. The maximum absolute atomic E-state index is 13.8. The summed E-state index contributed by atoms with van der Waals surface area (Å²) < 4.78 is 23.9. The molecule has 0 saturated carbocycles. The molecule has 0 spiro atoms. The van der Waals surface area contributed by atoms with Crippen LogP contribution < -0.4 is 20.3 Å². The molecule has 0 aliphatic rings. The van der Waals surface area contributed by atoms with Crippen molar-refractivity contribution in [1.82, 2.24) is 9.97 Å². The standard InChI is InChI=1S/C18H16FN3O3/c1-24-13-5-3-4-11(8-13)15-10-17(23)22-18(21-15)20-12-6-7-16(25-2)14(19)9-12/h3-10H,1-2H3,(H2,20,21,22,23). The number of aromatic nitrogens is 2. The normalized spacial score (nSPS) is 10.4. The quantitative estimate of drug-likeness (QED) is 0.744. The lowest BCUT2D eigenvalue weighted by atomic mass is 10.1. The minimum Gasteiger partial charge on any atom is -0.497 e. The number of nitrogens with zero attached hydrogens (tertiary/aromatic N) is 1. The van der Waals surface area contributed by atoms with Crippen LogP contribution in [0.1, 0.15) is 0 Å². The van der Waals surface area contributed by atoms with Crippen molar-refractivity contribution >= 4 is 11.6 Å². The molecule has 6 nitrogen and oxygen atoms in total. The van der Waals surface area contributed by atoms with Gasteiger partial charge in [0.1, 0.15) is 5.75 Å². The predicted molar refractivity (Wildman–Crippen MR) is 93.1 cm³/mol. The molecule has 0 radical (unpaired) electrons. The fourth-order valence-electron chi connectivity index (χ4n) is 2.33. The zero-order valence-electron chi connectivity index (χ0n) is 13.7. The highest BCUT2D eigenvalue weighted by Crippen LogP contribution is 2.24. The van der Waals surface area contributed by atoms with Crippen molar-refractivity contribution in [2.45, 2.75) is 0 Å². The summed E-state index contributed by atoms with van der Waals surface area (Å²) >= 11 is 0. The van der Waals surface area contributed by atoms with Crippen LogP contribution in [0.25, 0.3) is 11.3 Å². The minimum absolute atomic E-state index is 0.136. The zero-order valence-corrected chi connectivity index (χ0v) is 13.7. The first-order valence-electron chi connectivity index (χ1n) is 7.45. The molecule has 1 aromatic heterocycles. The Balaban J connectivity index is 1.94. The SMILES string of the molecule is COc1cccc(-c2cc(=O)[nH]c(Nc3ccc(OC)c(F)c3)n2)c1. The Morgan fingerprint density at radius 2 is 1.92 bits per heavy atom. The number of hydrogen-bond donors (Lipinski definition) is 2. The van der Waals surface area contributed by atoms with Crippen LogP contribution in [0, 0.1) is 5.82 Å². The van der Waals surface area contributed by atoms with Gasteiger partial charge in [-0.15, -0.1) is 0 Å². The topological polar surface area (TPSA) is 76.2 Å². The second-order valence-electron chi connectivity index (χ2n) is 5.19. The molecule has 0 amide bonds. The highest BCUT2D eigenvalue weighted by atomic mass is 19.1. The van der Waals surface area contributed by atoms with Crippen molar-refractivity contribution in [2.24, 2.45) is 0 Å². The molecule has 0 aliphatic carbocycles. The van der Waals surface area contributed by atoms with Crippen molar-refractivity contribution < 1.29 is 13.9 Å². The van der Waals surface area contributed by atoms with Gasteiger partial charge in [0.15, 0.2) is 11.6 Å². The average Bonchev–Trinajstić information content (AvgIpc) is 2.61. The van der Waals surface area contributed by atoms with Crippen LogP contribution in [0.5, 0.6) is 11.5 Å². The number of benzene rings is 2. The Morgan fingerprint density at radius 3 is 2.64 bits per heavy atom. The van der Waals surface area contributed by atoms with E-state index in [1.165, 1.54) is 25.3 Å². The van der Waals surface area contributed by atoms with E-state index in [0.29, 0.717) is 17.1 Å². The van der Waals surface area contributed by atoms with Crippen molar-refractivity contribution in [3.8, 4) is 22.8 Å². The smallest absolute Gasteiger partial charge is 0.252 e. The van der Waals surface area contributed by atoms with Crippen molar-refractivity contribution in [3.05, 3.63) is 64.7 Å². The molecule has 3 aromatic rings. The van der Waals surface area contributed by atoms with E-state index in [2.05, 4.69) is 15.3 Å². The lowest BCUT2D eigenvalue weighted by molar-refractivity contribution is 0.386. The Bertz CT molecular complexity index is 956. The summed E-state index contributed by atoms with van der Waals surface area (Å²) in [6.07, 6.45) is 0. The molecule has 1 heterocycles. The van der Waals surface area contributed by atoms with Gasteiger partial charge in [-0.3, -0.25) is 9.78 Å². The Labute approximate surface area is 143 Å². The Kier molecular flexibility index (Phi) is 4.65. The molecule has 0 atom stereocenters. The zero-order chi connectivity index (χ0) is 17.8. The Hall–Kier alpha value is -3.35. The van der Waals surface area contributed by atoms with E-state index >= 15 is 0 Å². The van der Waals surface area contributed by atoms with Gasteiger partial charge in [0, 0.05) is 23.4 Å². The molecule has 7 heteroatoms. The second kappa shape index (κ2) is 7.04. The minimum atomic E-state index is -0.515. The van der Waals surface area contributed by atoms with Crippen LogP contribution in [0.4, 0.5) is 16.0 Å². The number of ether oxygens (including phenoxy) is 2. The van der Waals surface area contributed by atoms with Crippen molar-refractivity contribution in [3.63, 3.8) is 0 Å². The number of rotatable bonds is 5. The molecular weight excluding hydrogens is 325 g/mol. The fourth-order valence-corrected chi connectivity index (χ4v) is 2.33. The number of halogens is 1. The molecule has 3 rings (SSSR count). The summed E-state index contributed by atoms with van der Waals surface area (Å²) in [5.41, 5.74) is 1.31. The van der Waals surface area contributed by atoms with E-state index in [1.54, 1.807) is 25.3 Å². The van der Waals surface area contributed by atoms with Gasteiger partial charge in [-0.25, -0.2) is 9.37 Å². The van der Waals surface area contributed by atoms with Crippen LogP contribution in [0.15, 0.2) is 53.3 Å². The third kappa shape index (κ3) is 3.77. The van der Waals surface area contributed by atoms with E-state index in [9.17, 15) is 9.18 Å². The fraction of sp³-hybridized carbons (Fsp3) is 0.111. The van der Waals surface area contributed by atoms with E-state index < -0.39 is 5.82 Å². The van der Waals surface area contributed by atoms with E-state index in [-0.39, 0.29) is 17.3 Å². The van der Waals surface area contributed by atoms with Gasteiger partial charge < -0.3 is 14.8 Å². The second-order valence-corrected chi connectivity index (χ2v) is 5.19. The summed E-state index contributed by atoms with van der Waals surface area (Å²) in [6.45, 7) is 0. The molecule has 2 N–H and O–H groups in total. The van der Waals surface area contributed by atoms with Gasteiger partial charge in [-0.2, -0.15) is 0 Å². The number of hydrogen-bond acceptors (Lipinski definition) is 5. The molecule has 0 fully saturated rings. The maximum atomic E-state index is 13.8. The molecule has 2 aromatic carbocycles. The van der Waals surface area contributed by atoms with Crippen molar-refractivity contribution in [1.29, 1.82) is 0 Å². The number of H-pyrrole nitrogens is 1. The first-order valence-corrected chi connectivity index (χ1v) is 7.45. The van der Waals surface area contributed by atoms with Gasteiger partial charge in [0.05, 0.1) is 19.9 Å². The summed E-state index contributed by atoms with van der Waals surface area (Å²) in [5, 5.41) is 2.88. The molecule has 0 saturated heterocycles. The first kappa shape index (κ1) is 16.5. The third-order valence-corrected chi connectivity index (χ3v) is 3.52. The van der Waals surface area contributed by atoms with E-state index in [1.807, 2.05) is 12.1 Å². The summed E-state index contributed by atoms with van der Waals surface area (Å²) in [4.78, 5) is 18.9. The molecule has 0 bridgehead atoms. The lowest BCUT2D eigenvalue weighted by Crippen LogP contribution is -2.10. The van der Waals surface area contributed by atoms with E-state index in [4.69, 9.17) is 9.47 Å². The highest BCUT2D eigenvalue weighted by molar-refractivity contribution is 5.63. The summed E-state index contributed by atoms with van der Waals surface area (Å²) in [6, 6.07) is 13.0. The molecule has 25 heavy (non-hydrogen) atoms. The summed E-state index contributed by atoms with van der Waals surface area (Å²) in [7, 11) is 2.96. The van der Waals surface area contributed by atoms with Crippen LogP contribution >= 0.6 is 0 Å². The third-order valence-electron chi connectivity index (χ3n) is 3.52. The first-order chi connectivity index (χ1) is 12.1. The van der Waals surface area contributed by atoms with Gasteiger partial charge in [0.25, 0.3) is 5.56 Å². The van der Waals surface area contributed by atoms with Crippen LogP contribution in [0.3, 0.4) is 0 Å². The van der Waals surface area contributed by atoms with Gasteiger partial charge >= 0.3 is 0 Å². The van der Waals surface area contributed by atoms with E-state index in [0.717, 1.165) is 5.56 Å². The van der Waals surface area contributed by atoms with Crippen LogP contribution in [-0.2, 0) is 0 Å². The largest absolute Gasteiger partial charge is 0.497 e. The lowest BCUT2D eigenvalue weighted by Gasteiger charge is -2.09. The van der Waals surface area contributed by atoms with Gasteiger partial charge in [0.2, 0.25) is 5.95 Å². The number of aromatic amines is 1. The van der Waals surface area contributed by atoms with Crippen molar-refractivity contribution in [2.75, 3.05) is 19.5 Å². The van der Waals surface area contributed by atoms with Crippen LogP contribution in [0.2, 0.25) is 0 Å². The number of anilines is 2. The highest BCUT2D eigenvalue weighted by Gasteiger charge is 2.08. The van der Waals surface area contributed by atoms with Gasteiger partial charge in [-0.05, 0) is 24.3 Å². The Morgan fingerprint density at radius 1 is 1.08 bits per heavy atom.